The summed E-state index contributed by atoms with van der Waals surface area (Å²) in [5.41, 5.74) is 2.01. The van der Waals surface area contributed by atoms with E-state index in [4.69, 9.17) is 16.9 Å². The summed E-state index contributed by atoms with van der Waals surface area (Å²) in [6.45, 7) is 1.99. The molecule has 2 aromatic rings. The summed E-state index contributed by atoms with van der Waals surface area (Å²) in [5.74, 6) is 0.420. The molecule has 0 saturated carbocycles. The molecular formula is C11H7ClN4. The summed E-state index contributed by atoms with van der Waals surface area (Å²) < 4.78 is 0. The van der Waals surface area contributed by atoms with E-state index in [0.29, 0.717) is 5.82 Å². The van der Waals surface area contributed by atoms with E-state index >= 15 is 0 Å². The van der Waals surface area contributed by atoms with E-state index in [9.17, 15) is 0 Å². The third kappa shape index (κ3) is 2.00. The van der Waals surface area contributed by atoms with Crippen molar-refractivity contribution in [1.29, 1.82) is 5.26 Å². The van der Waals surface area contributed by atoms with Crippen LogP contribution in [-0.2, 0) is 0 Å². The minimum absolute atomic E-state index is 0.0394. The van der Waals surface area contributed by atoms with Gasteiger partial charge < -0.3 is 0 Å². The number of halogens is 1. The Balaban J connectivity index is 2.46. The van der Waals surface area contributed by atoms with Crippen LogP contribution in [0.4, 0.5) is 0 Å². The lowest BCUT2D eigenvalue weighted by molar-refractivity contribution is 0.961. The van der Waals surface area contributed by atoms with Crippen molar-refractivity contribution in [2.75, 3.05) is 0 Å². The van der Waals surface area contributed by atoms with Gasteiger partial charge in [0.05, 0.1) is 0 Å². The van der Waals surface area contributed by atoms with Crippen LogP contribution >= 0.6 is 11.6 Å². The maximum atomic E-state index is 8.64. The van der Waals surface area contributed by atoms with Crippen molar-refractivity contribution < 1.29 is 0 Å². The molecule has 0 spiro atoms. The van der Waals surface area contributed by atoms with Gasteiger partial charge in [-0.15, -0.1) is 10.2 Å². The predicted molar refractivity (Wildman–Crippen MR) is 59.7 cm³/mol. The van der Waals surface area contributed by atoms with Gasteiger partial charge in [-0.25, -0.2) is 4.98 Å². The van der Waals surface area contributed by atoms with E-state index in [0.717, 1.165) is 11.1 Å². The van der Waals surface area contributed by atoms with Crippen LogP contribution in [0.15, 0.2) is 24.3 Å². The monoisotopic (exact) mass is 230 g/mol. The van der Waals surface area contributed by atoms with Crippen molar-refractivity contribution in [3.05, 3.63) is 40.7 Å². The summed E-state index contributed by atoms with van der Waals surface area (Å²) in [6.07, 6.45) is 0. The second-order valence-corrected chi connectivity index (χ2v) is 3.61. The molecule has 4 nitrogen and oxygen atoms in total. The SMILES string of the molecule is Cc1ccc(-c2nnc(C#N)c(Cl)n2)cc1. The van der Waals surface area contributed by atoms with Gasteiger partial charge in [0.25, 0.3) is 0 Å². The largest absolute Gasteiger partial charge is 0.211 e. The zero-order valence-corrected chi connectivity index (χ0v) is 9.23. The van der Waals surface area contributed by atoms with Gasteiger partial charge >= 0.3 is 0 Å². The normalized spacial score (nSPS) is 9.81. The summed E-state index contributed by atoms with van der Waals surface area (Å²) in [6, 6.07) is 9.48. The molecule has 0 aliphatic rings. The Morgan fingerprint density at radius 2 is 1.88 bits per heavy atom. The second-order valence-electron chi connectivity index (χ2n) is 3.25. The van der Waals surface area contributed by atoms with Crippen LogP contribution in [-0.4, -0.2) is 15.2 Å². The first kappa shape index (κ1) is 10.5. The average Bonchev–Trinajstić information content (AvgIpc) is 2.30. The van der Waals surface area contributed by atoms with Crippen LogP contribution < -0.4 is 0 Å². The molecule has 16 heavy (non-hydrogen) atoms. The van der Waals surface area contributed by atoms with Crippen LogP contribution in [0.5, 0.6) is 0 Å². The summed E-state index contributed by atoms with van der Waals surface area (Å²) >= 11 is 5.77. The lowest BCUT2D eigenvalue weighted by Crippen LogP contribution is -1.96. The quantitative estimate of drug-likeness (QED) is 0.755. The fourth-order valence-electron chi connectivity index (χ4n) is 1.20. The molecule has 0 N–H and O–H groups in total. The fourth-order valence-corrected chi connectivity index (χ4v) is 1.36. The highest BCUT2D eigenvalue weighted by molar-refractivity contribution is 6.30. The van der Waals surface area contributed by atoms with E-state index < -0.39 is 0 Å². The van der Waals surface area contributed by atoms with E-state index in [1.54, 1.807) is 0 Å². The summed E-state index contributed by atoms with van der Waals surface area (Å²) in [7, 11) is 0. The molecular weight excluding hydrogens is 224 g/mol. The Bertz CT molecular complexity index is 557. The molecule has 0 aliphatic carbocycles. The van der Waals surface area contributed by atoms with Crippen LogP contribution in [0.3, 0.4) is 0 Å². The molecule has 0 unspecified atom stereocenters. The zero-order valence-electron chi connectivity index (χ0n) is 8.48. The first-order valence-electron chi connectivity index (χ1n) is 4.58. The highest BCUT2D eigenvalue weighted by Crippen LogP contribution is 2.17. The molecule has 0 atom stereocenters. The van der Waals surface area contributed by atoms with Crippen molar-refractivity contribution in [3.8, 4) is 17.5 Å². The van der Waals surface area contributed by atoms with Crippen molar-refractivity contribution >= 4 is 11.6 Å². The molecule has 2 rings (SSSR count). The molecule has 5 heteroatoms. The minimum atomic E-state index is 0.0394. The number of benzene rings is 1. The van der Waals surface area contributed by atoms with E-state index in [2.05, 4.69) is 15.2 Å². The molecule has 0 saturated heterocycles. The second kappa shape index (κ2) is 4.25. The molecule has 1 heterocycles. The Kier molecular flexibility index (Phi) is 2.80. The molecule has 78 valence electrons. The Morgan fingerprint density at radius 3 is 2.44 bits per heavy atom. The predicted octanol–water partition coefficient (Wildman–Crippen LogP) is 2.37. The Labute approximate surface area is 97.5 Å². The van der Waals surface area contributed by atoms with E-state index in [1.165, 1.54) is 0 Å². The number of nitrogens with zero attached hydrogens (tertiary/aromatic N) is 4. The van der Waals surface area contributed by atoms with Crippen molar-refractivity contribution in [2.24, 2.45) is 0 Å². The Morgan fingerprint density at radius 1 is 1.19 bits per heavy atom. The maximum Gasteiger partial charge on any atom is 0.200 e. The third-order valence-electron chi connectivity index (χ3n) is 2.06. The molecule has 0 amide bonds. The topological polar surface area (TPSA) is 62.5 Å². The summed E-state index contributed by atoms with van der Waals surface area (Å²) in [4.78, 5) is 4.01. The minimum Gasteiger partial charge on any atom is -0.211 e. The van der Waals surface area contributed by atoms with Crippen LogP contribution in [0.1, 0.15) is 11.3 Å². The first-order valence-corrected chi connectivity index (χ1v) is 4.96. The highest BCUT2D eigenvalue weighted by atomic mass is 35.5. The number of aryl methyl sites for hydroxylation is 1. The molecule has 1 aromatic carbocycles. The molecule has 0 bridgehead atoms. The van der Waals surface area contributed by atoms with Gasteiger partial charge in [0.15, 0.2) is 16.7 Å². The standard InChI is InChI=1S/C11H7ClN4/c1-7-2-4-8(5-3-7)11-14-10(12)9(6-13)15-16-11/h2-5H,1H3. The van der Waals surface area contributed by atoms with Gasteiger partial charge in [-0.2, -0.15) is 5.26 Å². The highest BCUT2D eigenvalue weighted by Gasteiger charge is 2.07. The first-order chi connectivity index (χ1) is 7.70. The van der Waals surface area contributed by atoms with Gasteiger partial charge in [0, 0.05) is 5.56 Å². The van der Waals surface area contributed by atoms with Gasteiger partial charge in [-0.05, 0) is 6.92 Å². The molecule has 1 aromatic heterocycles. The Hall–Kier alpha value is -1.99. The van der Waals surface area contributed by atoms with Crippen LogP contribution in [0.2, 0.25) is 5.15 Å². The zero-order chi connectivity index (χ0) is 11.5. The maximum absolute atomic E-state index is 8.64. The van der Waals surface area contributed by atoms with Crippen LogP contribution in [0, 0.1) is 18.3 Å². The number of hydrogen-bond donors (Lipinski definition) is 0. The molecule has 0 aliphatic heterocycles. The number of aromatic nitrogens is 3. The lowest BCUT2D eigenvalue weighted by Gasteiger charge is -2.00. The summed E-state index contributed by atoms with van der Waals surface area (Å²) in [5, 5.41) is 16.2. The fraction of sp³-hybridized carbons (Fsp3) is 0.0909. The smallest absolute Gasteiger partial charge is 0.200 e. The number of hydrogen-bond acceptors (Lipinski definition) is 4. The molecule has 0 fully saturated rings. The van der Waals surface area contributed by atoms with Crippen LogP contribution in [0.25, 0.3) is 11.4 Å². The number of rotatable bonds is 1. The average molecular weight is 231 g/mol. The third-order valence-corrected chi connectivity index (χ3v) is 2.32. The number of nitriles is 1. The van der Waals surface area contributed by atoms with Gasteiger partial charge in [0.2, 0.25) is 0 Å². The van der Waals surface area contributed by atoms with Crippen molar-refractivity contribution in [3.63, 3.8) is 0 Å². The van der Waals surface area contributed by atoms with E-state index in [1.807, 2.05) is 37.3 Å². The van der Waals surface area contributed by atoms with E-state index in [-0.39, 0.29) is 10.8 Å². The van der Waals surface area contributed by atoms with Gasteiger partial charge in [-0.3, -0.25) is 0 Å². The van der Waals surface area contributed by atoms with Crippen molar-refractivity contribution in [1.82, 2.24) is 15.2 Å². The van der Waals surface area contributed by atoms with Gasteiger partial charge in [-0.1, -0.05) is 41.4 Å². The lowest BCUT2D eigenvalue weighted by atomic mass is 10.1. The molecule has 0 radical (unpaired) electrons. The van der Waals surface area contributed by atoms with Crippen molar-refractivity contribution in [2.45, 2.75) is 6.92 Å². The van der Waals surface area contributed by atoms with Gasteiger partial charge in [0.1, 0.15) is 6.07 Å².